The molecule has 0 spiro atoms. The molecule has 2 saturated heterocycles. The molecule has 0 radical (unpaired) electrons. The number of nitrogens with zero attached hydrogens (tertiary/aromatic N) is 6. The molecule has 6 rings (SSSR count). The Kier molecular flexibility index (Phi) is 5.67. The molecule has 13 heteroatoms. The van der Waals surface area contributed by atoms with Gasteiger partial charge in [-0.1, -0.05) is 6.92 Å². The van der Waals surface area contributed by atoms with Crippen molar-refractivity contribution in [3.63, 3.8) is 0 Å². The molecule has 1 aliphatic carbocycles. The maximum absolute atomic E-state index is 14.9. The van der Waals surface area contributed by atoms with Gasteiger partial charge in [0.05, 0.1) is 35.2 Å². The number of alkyl halides is 3. The second kappa shape index (κ2) is 8.49. The van der Waals surface area contributed by atoms with E-state index in [9.17, 15) is 26.7 Å². The molecule has 36 heavy (non-hydrogen) atoms. The van der Waals surface area contributed by atoms with Crippen LogP contribution in [0.4, 0.5) is 32.4 Å². The van der Waals surface area contributed by atoms with Gasteiger partial charge in [-0.3, -0.25) is 0 Å². The van der Waals surface area contributed by atoms with E-state index in [1.807, 2.05) is 6.92 Å². The van der Waals surface area contributed by atoms with E-state index < -0.39 is 52.0 Å². The van der Waals surface area contributed by atoms with Gasteiger partial charge >= 0.3 is 12.2 Å². The first-order valence-electron chi connectivity index (χ1n) is 11.3. The van der Waals surface area contributed by atoms with Gasteiger partial charge in [0.1, 0.15) is 18.5 Å². The molecule has 2 bridgehead atoms. The van der Waals surface area contributed by atoms with Crippen molar-refractivity contribution in [3.05, 3.63) is 54.4 Å². The molecule has 3 aromatic rings. The molecule has 2 aromatic heterocycles. The Morgan fingerprint density at radius 2 is 1.81 bits per heavy atom. The van der Waals surface area contributed by atoms with Gasteiger partial charge in [-0.2, -0.15) is 13.2 Å². The van der Waals surface area contributed by atoms with Gasteiger partial charge in [-0.05, 0) is 44.2 Å². The molecule has 4 heterocycles. The summed E-state index contributed by atoms with van der Waals surface area (Å²) in [4.78, 5) is 22.3. The highest BCUT2D eigenvalue weighted by Gasteiger charge is 2.61. The summed E-state index contributed by atoms with van der Waals surface area (Å²) in [7, 11) is 0. The number of carbonyl (C=O) groups is 1. The van der Waals surface area contributed by atoms with E-state index in [-0.39, 0.29) is 18.2 Å². The number of piperidine rings is 1. The Bertz CT molecular complexity index is 1280. The van der Waals surface area contributed by atoms with Crippen LogP contribution in [0.3, 0.4) is 0 Å². The lowest BCUT2D eigenvalue weighted by atomic mass is 9.61. The summed E-state index contributed by atoms with van der Waals surface area (Å²) in [6.07, 6.45) is 1.80. The van der Waals surface area contributed by atoms with Gasteiger partial charge in [-0.15, -0.1) is 10.2 Å². The predicted molar refractivity (Wildman–Crippen MR) is 118 cm³/mol. The van der Waals surface area contributed by atoms with E-state index >= 15 is 0 Å². The first-order valence-corrected chi connectivity index (χ1v) is 11.3. The number of benzene rings is 1. The highest BCUT2D eigenvalue weighted by atomic mass is 19.4. The Morgan fingerprint density at radius 3 is 2.44 bits per heavy atom. The number of carbonyl (C=O) groups excluding carboxylic acids is 1. The maximum atomic E-state index is 14.9. The zero-order chi connectivity index (χ0) is 25.8. The van der Waals surface area contributed by atoms with Crippen LogP contribution in [0.2, 0.25) is 0 Å². The quantitative estimate of drug-likeness (QED) is 0.499. The fourth-order valence-corrected chi connectivity index (χ4v) is 5.68. The standard InChI is InChI=1S/C23H22F5N7O/c1-12-3-15-7-22(6-12,13(2)34-10-31-32-11-34)35(15)21(36)33-19-4-16(20-29-8-14(24)9-30-20)17(5-18(19)25)23(26,27)28/h4-5,8-13,15H,3,6-7H2,1-2H3,(H,33,36). The summed E-state index contributed by atoms with van der Waals surface area (Å²) < 4.78 is 70.8. The van der Waals surface area contributed by atoms with E-state index in [2.05, 4.69) is 32.4 Å². The topological polar surface area (TPSA) is 88.8 Å². The van der Waals surface area contributed by atoms with Gasteiger partial charge in [0.2, 0.25) is 0 Å². The first kappa shape index (κ1) is 24.1. The minimum Gasteiger partial charge on any atom is -0.315 e. The molecular weight excluding hydrogens is 485 g/mol. The third-order valence-corrected chi connectivity index (χ3v) is 7.21. The number of hydrogen-bond acceptors (Lipinski definition) is 5. The van der Waals surface area contributed by atoms with Crippen LogP contribution in [0.25, 0.3) is 11.4 Å². The lowest BCUT2D eigenvalue weighted by Crippen LogP contribution is -2.74. The fraction of sp³-hybridized carbons (Fsp3) is 0.435. The van der Waals surface area contributed by atoms with Crippen LogP contribution < -0.4 is 5.32 Å². The molecule has 1 saturated carbocycles. The molecule has 3 fully saturated rings. The van der Waals surface area contributed by atoms with Gasteiger partial charge in [-0.25, -0.2) is 23.5 Å². The number of anilines is 1. The number of urea groups is 1. The largest absolute Gasteiger partial charge is 0.417 e. The predicted octanol–water partition coefficient (Wildman–Crippen LogP) is 5.07. The minimum absolute atomic E-state index is 0.0925. The number of halogens is 5. The van der Waals surface area contributed by atoms with Crippen LogP contribution in [0, 0.1) is 17.6 Å². The number of fused-ring (bicyclic) bond motifs is 2. The van der Waals surface area contributed by atoms with E-state index in [1.54, 1.807) is 22.1 Å². The molecule has 1 N–H and O–H groups in total. The van der Waals surface area contributed by atoms with Crippen molar-refractivity contribution in [3.8, 4) is 11.4 Å². The maximum Gasteiger partial charge on any atom is 0.417 e. The second-order valence-corrected chi connectivity index (χ2v) is 9.49. The first-order chi connectivity index (χ1) is 17.0. The molecule has 3 aliphatic rings. The average molecular weight is 507 g/mol. The van der Waals surface area contributed by atoms with E-state index in [0.29, 0.717) is 24.7 Å². The van der Waals surface area contributed by atoms with Crippen molar-refractivity contribution in [1.29, 1.82) is 0 Å². The Morgan fingerprint density at radius 1 is 1.14 bits per heavy atom. The lowest BCUT2D eigenvalue weighted by Gasteiger charge is -2.65. The molecule has 4 atom stereocenters. The van der Waals surface area contributed by atoms with Gasteiger partial charge in [0.15, 0.2) is 11.6 Å². The number of hydrogen-bond donors (Lipinski definition) is 1. The monoisotopic (exact) mass is 507 g/mol. The molecule has 2 aliphatic heterocycles. The second-order valence-electron chi connectivity index (χ2n) is 9.49. The summed E-state index contributed by atoms with van der Waals surface area (Å²) in [6, 6.07) is 0.217. The Labute approximate surface area is 202 Å². The molecule has 1 aromatic carbocycles. The molecule has 2 amide bonds. The summed E-state index contributed by atoms with van der Waals surface area (Å²) >= 11 is 0. The number of amides is 2. The average Bonchev–Trinajstić information content (AvgIpc) is 3.34. The van der Waals surface area contributed by atoms with Crippen molar-refractivity contribution in [1.82, 2.24) is 29.6 Å². The van der Waals surface area contributed by atoms with Crippen molar-refractivity contribution >= 4 is 11.7 Å². The summed E-state index contributed by atoms with van der Waals surface area (Å²) in [5.41, 5.74) is -2.96. The minimum atomic E-state index is -4.93. The summed E-state index contributed by atoms with van der Waals surface area (Å²) in [5.74, 6) is -2.21. The number of nitrogens with one attached hydrogen (secondary N) is 1. The molecule has 4 unspecified atom stereocenters. The van der Waals surface area contributed by atoms with Crippen LogP contribution in [-0.2, 0) is 6.18 Å². The fourth-order valence-electron chi connectivity index (χ4n) is 5.68. The molecule has 190 valence electrons. The van der Waals surface area contributed by atoms with Crippen LogP contribution in [0.5, 0.6) is 0 Å². The SMILES string of the molecule is CC1CC2CC(C(C)n3cnnc3)(C1)N2C(=O)Nc1cc(-c2ncc(F)cn2)c(C(F)(F)F)cc1F. The van der Waals surface area contributed by atoms with E-state index in [0.717, 1.165) is 18.9 Å². The van der Waals surface area contributed by atoms with E-state index in [1.165, 1.54) is 0 Å². The van der Waals surface area contributed by atoms with Gasteiger partial charge < -0.3 is 14.8 Å². The van der Waals surface area contributed by atoms with Crippen molar-refractivity contribution in [2.45, 2.75) is 56.9 Å². The summed E-state index contributed by atoms with van der Waals surface area (Å²) in [6.45, 7) is 4.04. The Balaban J connectivity index is 1.49. The Hall–Kier alpha value is -3.64. The van der Waals surface area contributed by atoms with E-state index in [4.69, 9.17) is 0 Å². The molecule has 8 nitrogen and oxygen atoms in total. The number of rotatable bonds is 4. The summed E-state index contributed by atoms with van der Waals surface area (Å²) in [5, 5.41) is 10.1. The van der Waals surface area contributed by atoms with Gasteiger partial charge in [0.25, 0.3) is 0 Å². The van der Waals surface area contributed by atoms with Crippen LogP contribution in [-0.4, -0.2) is 47.2 Å². The van der Waals surface area contributed by atoms with Crippen LogP contribution >= 0.6 is 0 Å². The normalized spacial score (nSPS) is 24.2. The van der Waals surface area contributed by atoms with Crippen molar-refractivity contribution in [2.24, 2.45) is 5.92 Å². The zero-order valence-corrected chi connectivity index (χ0v) is 19.3. The third kappa shape index (κ3) is 3.95. The van der Waals surface area contributed by atoms with Crippen molar-refractivity contribution in [2.75, 3.05) is 5.32 Å². The lowest BCUT2D eigenvalue weighted by molar-refractivity contribution is -0.137. The van der Waals surface area contributed by atoms with Gasteiger partial charge in [0, 0.05) is 11.6 Å². The van der Waals surface area contributed by atoms with Crippen molar-refractivity contribution < 1.29 is 26.7 Å². The third-order valence-electron chi connectivity index (χ3n) is 7.21. The molecular formula is C23H22F5N7O. The highest BCUT2D eigenvalue weighted by molar-refractivity contribution is 5.92. The number of aromatic nitrogens is 5. The van der Waals surface area contributed by atoms with Crippen LogP contribution in [0.1, 0.15) is 44.7 Å². The zero-order valence-electron chi connectivity index (χ0n) is 19.3. The highest BCUT2D eigenvalue weighted by Crippen LogP contribution is 2.55. The van der Waals surface area contributed by atoms with Crippen LogP contribution in [0.15, 0.2) is 37.2 Å². The smallest absolute Gasteiger partial charge is 0.315 e.